The van der Waals surface area contributed by atoms with E-state index < -0.39 is 21.2 Å². The highest BCUT2D eigenvalue weighted by atomic mass is 35.5. The molecule has 8 nitrogen and oxygen atoms in total. The second-order valence-electron chi connectivity index (χ2n) is 12.7. The molecule has 0 aromatic heterocycles. The smallest absolute Gasteiger partial charge is 0.264 e. The molecule has 1 amide bonds. The van der Waals surface area contributed by atoms with Gasteiger partial charge in [0.1, 0.15) is 12.4 Å². The van der Waals surface area contributed by atoms with Crippen molar-refractivity contribution < 1.29 is 27.4 Å². The van der Waals surface area contributed by atoms with Crippen LogP contribution in [0.5, 0.6) is 5.75 Å². The second kappa shape index (κ2) is 17.0. The van der Waals surface area contributed by atoms with Gasteiger partial charge in [0.25, 0.3) is 5.91 Å². The molecule has 1 aliphatic carbocycles. The zero-order valence-corrected chi connectivity index (χ0v) is 29.4. The normalized spacial score (nSPS) is 20.5. The number of fused-ring (bicyclic) bond motifs is 2. The molecule has 0 unspecified atom stereocenters. The van der Waals surface area contributed by atoms with Crippen molar-refractivity contribution >= 4 is 33.2 Å². The van der Waals surface area contributed by atoms with E-state index >= 15 is 0 Å². The molecule has 2 aromatic carbocycles. The third kappa shape index (κ3) is 9.06. The Bertz CT molecular complexity index is 1430. The van der Waals surface area contributed by atoms with E-state index in [1.54, 1.807) is 25.3 Å². The van der Waals surface area contributed by atoms with Crippen LogP contribution in [0.3, 0.4) is 0 Å². The molecule has 1 N–H and O–H groups in total. The van der Waals surface area contributed by atoms with E-state index in [9.17, 15) is 13.2 Å². The maximum atomic E-state index is 13.5. The molecule has 1 fully saturated rings. The molecule has 1 heterocycles. The molecule has 0 radical (unpaired) electrons. The van der Waals surface area contributed by atoms with Crippen LogP contribution in [0.1, 0.15) is 80.8 Å². The Morgan fingerprint density at radius 3 is 2.61 bits per heavy atom. The molecule has 46 heavy (non-hydrogen) atoms. The van der Waals surface area contributed by atoms with Gasteiger partial charge in [0.05, 0.1) is 30.3 Å². The number of ether oxygens (including phenoxy) is 3. The lowest BCUT2D eigenvalue weighted by molar-refractivity contribution is -0.0305. The summed E-state index contributed by atoms with van der Waals surface area (Å²) < 4.78 is 46.7. The third-order valence-corrected chi connectivity index (χ3v) is 12.0. The maximum absolute atomic E-state index is 13.5. The van der Waals surface area contributed by atoms with Crippen LogP contribution in [0, 0.1) is 17.8 Å². The minimum atomic E-state index is -3.86. The molecule has 2 aromatic rings. The average molecular weight is 675 g/mol. The highest BCUT2D eigenvalue weighted by Crippen LogP contribution is 2.41. The highest BCUT2D eigenvalue weighted by molar-refractivity contribution is 7.90. The van der Waals surface area contributed by atoms with Crippen LogP contribution < -0.4 is 14.4 Å². The van der Waals surface area contributed by atoms with Crippen molar-refractivity contribution in [1.29, 1.82) is 0 Å². The number of carbonyl (C=O) groups excluding carboxylic acids is 1. The Kier molecular flexibility index (Phi) is 13.4. The van der Waals surface area contributed by atoms with E-state index in [0.29, 0.717) is 55.3 Å². The van der Waals surface area contributed by atoms with Gasteiger partial charge in [0.2, 0.25) is 10.0 Å². The van der Waals surface area contributed by atoms with Gasteiger partial charge in [-0.05, 0) is 97.7 Å². The van der Waals surface area contributed by atoms with E-state index in [-0.39, 0.29) is 17.6 Å². The van der Waals surface area contributed by atoms with Gasteiger partial charge in [-0.1, -0.05) is 50.9 Å². The first-order chi connectivity index (χ1) is 22.1. The van der Waals surface area contributed by atoms with Crippen molar-refractivity contribution in [2.45, 2.75) is 83.7 Å². The monoisotopic (exact) mass is 674 g/mol. The lowest BCUT2D eigenvalue weighted by Gasteiger charge is -2.44. The first-order valence-electron chi connectivity index (χ1n) is 16.7. The summed E-state index contributed by atoms with van der Waals surface area (Å²) in [5, 5.41) is 0.0649. The molecule has 2 aliphatic rings. The summed E-state index contributed by atoms with van der Waals surface area (Å²) in [5.74, 6) is 0.640. The zero-order chi connectivity index (χ0) is 33.3. The molecule has 254 valence electrons. The number of aryl methyl sites for hydroxylation is 1. The van der Waals surface area contributed by atoms with Crippen molar-refractivity contribution in [2.75, 3.05) is 38.3 Å². The number of carbonyl (C=O) groups is 1. The minimum absolute atomic E-state index is 0.0628. The number of methoxy groups -OCH3 is 1. The number of nitrogens with one attached hydrogen (secondary N) is 1. The molecular formula is C36H51ClN2O6S. The summed E-state index contributed by atoms with van der Waals surface area (Å²) in [6, 6.07) is 11.2. The first-order valence-corrected chi connectivity index (χ1v) is 18.6. The standard InChI is InChI=1S/C36H51ClN2O6S/c1-6-25(4)35(8-3)46(41,42)38-36(40)27-14-17-34-32(22-27)39(23-28-13-16-31(28)33(7-2)44-20-19-43-5)18-10-9-11-26-21-30(37)15-12-29(26)24-45-34/h7,12,14-15,17,21-22,25,28,31,33,35H,2,6,8-11,13,16,18-20,23-24H2,1,3-5H3,(H,38,40)/t25-,28-,31+,33-,35+/m0/s1. The first kappa shape index (κ1) is 36.2. The van der Waals surface area contributed by atoms with Gasteiger partial charge in [0, 0.05) is 30.8 Å². The van der Waals surface area contributed by atoms with Crippen molar-refractivity contribution in [3.63, 3.8) is 0 Å². The van der Waals surface area contributed by atoms with Gasteiger partial charge in [-0.25, -0.2) is 13.1 Å². The van der Waals surface area contributed by atoms with Gasteiger partial charge in [-0.3, -0.25) is 4.79 Å². The fourth-order valence-electron chi connectivity index (χ4n) is 6.70. The van der Waals surface area contributed by atoms with Gasteiger partial charge in [0.15, 0.2) is 0 Å². The summed E-state index contributed by atoms with van der Waals surface area (Å²) in [6.07, 6.45) is 7.87. The fourth-order valence-corrected chi connectivity index (χ4v) is 8.67. The van der Waals surface area contributed by atoms with Crippen LogP contribution in [-0.2, 0) is 32.5 Å². The number of nitrogens with zero attached hydrogens (tertiary/aromatic N) is 1. The van der Waals surface area contributed by atoms with Crippen LogP contribution in [0.2, 0.25) is 5.02 Å². The van der Waals surface area contributed by atoms with Crippen molar-refractivity contribution in [1.82, 2.24) is 4.72 Å². The number of hydrogen-bond donors (Lipinski definition) is 1. The van der Waals surface area contributed by atoms with E-state index in [1.807, 2.05) is 45.0 Å². The summed E-state index contributed by atoms with van der Waals surface area (Å²) in [7, 11) is -2.20. The number of sulfonamides is 1. The van der Waals surface area contributed by atoms with Gasteiger partial charge >= 0.3 is 0 Å². The number of benzene rings is 2. The lowest BCUT2D eigenvalue weighted by atomic mass is 9.70. The fraction of sp³-hybridized carbons (Fsp3) is 0.583. The van der Waals surface area contributed by atoms with Gasteiger partial charge in [-0.15, -0.1) is 6.58 Å². The SMILES string of the molecule is C=C[C@H](OCCOC)[C@@H]1CC[C@H]1CN1CCCCc2cc(Cl)ccc2COc2ccc(C(=O)NS(=O)(=O)[C@H](CC)[C@@H](C)CC)cc21. The van der Waals surface area contributed by atoms with E-state index in [0.717, 1.165) is 56.4 Å². The zero-order valence-electron chi connectivity index (χ0n) is 27.8. The van der Waals surface area contributed by atoms with Crippen LogP contribution in [-0.4, -0.2) is 59.1 Å². The number of rotatable bonds is 14. The average Bonchev–Trinajstić information content (AvgIpc) is 3.05. The largest absolute Gasteiger partial charge is 0.487 e. The van der Waals surface area contributed by atoms with Crippen LogP contribution in [0.25, 0.3) is 0 Å². The second-order valence-corrected chi connectivity index (χ2v) is 15.0. The van der Waals surface area contributed by atoms with Gasteiger partial charge in [-0.2, -0.15) is 0 Å². The number of anilines is 1. The quantitative estimate of drug-likeness (QED) is 0.167. The number of halogens is 1. The van der Waals surface area contributed by atoms with Crippen LogP contribution in [0.4, 0.5) is 5.69 Å². The Morgan fingerprint density at radius 2 is 1.93 bits per heavy atom. The summed E-state index contributed by atoms with van der Waals surface area (Å²) in [4.78, 5) is 15.8. The van der Waals surface area contributed by atoms with Crippen LogP contribution in [0.15, 0.2) is 49.1 Å². The van der Waals surface area contributed by atoms with E-state index in [2.05, 4.69) is 16.2 Å². The van der Waals surface area contributed by atoms with E-state index in [4.69, 9.17) is 25.8 Å². The Hall–Kier alpha value is -2.59. The van der Waals surface area contributed by atoms with Crippen molar-refractivity contribution in [3.8, 4) is 5.75 Å². The summed E-state index contributed by atoms with van der Waals surface area (Å²) in [5.41, 5.74) is 3.33. The van der Waals surface area contributed by atoms with Crippen molar-refractivity contribution in [2.24, 2.45) is 17.8 Å². The molecule has 5 atom stereocenters. The van der Waals surface area contributed by atoms with Crippen LogP contribution >= 0.6 is 11.6 Å². The Morgan fingerprint density at radius 1 is 1.13 bits per heavy atom. The predicted molar refractivity (Wildman–Crippen MR) is 185 cm³/mol. The Labute approximate surface area is 280 Å². The molecule has 4 rings (SSSR count). The topological polar surface area (TPSA) is 94.2 Å². The lowest BCUT2D eigenvalue weighted by Crippen LogP contribution is -2.44. The van der Waals surface area contributed by atoms with E-state index in [1.165, 1.54) is 5.56 Å². The molecule has 0 saturated heterocycles. The molecule has 1 saturated carbocycles. The summed E-state index contributed by atoms with van der Waals surface area (Å²) in [6.45, 7) is 12.7. The molecule has 0 bridgehead atoms. The van der Waals surface area contributed by atoms with Crippen molar-refractivity contribution in [3.05, 3.63) is 70.8 Å². The third-order valence-electron chi connectivity index (χ3n) is 9.74. The maximum Gasteiger partial charge on any atom is 0.264 e. The summed E-state index contributed by atoms with van der Waals surface area (Å²) >= 11 is 6.34. The number of hydrogen-bond acceptors (Lipinski definition) is 7. The Balaban J connectivity index is 1.65. The molecule has 10 heteroatoms. The molecular weight excluding hydrogens is 624 g/mol. The molecule has 0 spiro atoms. The minimum Gasteiger partial charge on any atom is -0.487 e. The number of amides is 1. The highest BCUT2D eigenvalue weighted by Gasteiger charge is 2.38. The van der Waals surface area contributed by atoms with Gasteiger partial charge < -0.3 is 19.1 Å². The molecule has 1 aliphatic heterocycles. The predicted octanol–water partition coefficient (Wildman–Crippen LogP) is 7.19.